The Hall–Kier alpha value is -1.63. The smallest absolute Gasteiger partial charge is 0.178 e. The lowest BCUT2D eigenvalue weighted by Gasteiger charge is -2.18. The SMILES string of the molecule is Nc1cccn2nc(C3CCS(=O)(=O)CC3)nc12. The molecule has 1 aliphatic heterocycles. The van der Waals surface area contributed by atoms with E-state index in [1.165, 1.54) is 0 Å². The van der Waals surface area contributed by atoms with E-state index in [0.717, 1.165) is 0 Å². The third-order valence-electron chi connectivity index (χ3n) is 3.33. The molecule has 2 N–H and O–H groups in total. The fourth-order valence-electron chi connectivity index (χ4n) is 2.26. The maximum absolute atomic E-state index is 11.4. The van der Waals surface area contributed by atoms with Gasteiger partial charge in [-0.1, -0.05) is 0 Å². The van der Waals surface area contributed by atoms with Gasteiger partial charge in [0, 0.05) is 12.1 Å². The number of nitrogens with zero attached hydrogens (tertiary/aromatic N) is 3. The zero-order valence-corrected chi connectivity index (χ0v) is 10.6. The van der Waals surface area contributed by atoms with E-state index in [4.69, 9.17) is 5.73 Å². The Morgan fingerprint density at radius 2 is 2.06 bits per heavy atom. The fraction of sp³-hybridized carbons (Fsp3) is 0.455. The standard InChI is InChI=1S/C11H14N4O2S/c12-9-2-1-5-15-11(9)13-10(14-15)8-3-6-18(16,17)7-4-8/h1-2,5,8H,3-4,6-7,12H2. The molecule has 96 valence electrons. The van der Waals surface area contributed by atoms with Crippen molar-refractivity contribution in [1.82, 2.24) is 14.6 Å². The predicted molar refractivity (Wildman–Crippen MR) is 68.0 cm³/mol. The monoisotopic (exact) mass is 266 g/mol. The zero-order valence-electron chi connectivity index (χ0n) is 9.78. The average Bonchev–Trinajstić information content (AvgIpc) is 2.74. The highest BCUT2D eigenvalue weighted by Crippen LogP contribution is 2.27. The number of hydrogen-bond donors (Lipinski definition) is 1. The van der Waals surface area contributed by atoms with Crippen molar-refractivity contribution in [2.45, 2.75) is 18.8 Å². The van der Waals surface area contributed by atoms with Gasteiger partial charge in [-0.15, -0.1) is 0 Å². The van der Waals surface area contributed by atoms with Crippen LogP contribution in [0.15, 0.2) is 18.3 Å². The molecule has 7 heteroatoms. The third kappa shape index (κ3) is 1.94. The van der Waals surface area contributed by atoms with Gasteiger partial charge >= 0.3 is 0 Å². The maximum atomic E-state index is 11.4. The summed E-state index contributed by atoms with van der Waals surface area (Å²) in [5.41, 5.74) is 7.05. The first-order valence-electron chi connectivity index (χ1n) is 5.86. The van der Waals surface area contributed by atoms with Crippen LogP contribution in [0.1, 0.15) is 24.6 Å². The molecule has 2 aromatic heterocycles. The Bertz CT molecular complexity index is 678. The van der Waals surface area contributed by atoms with Crippen LogP contribution in [0.2, 0.25) is 0 Å². The van der Waals surface area contributed by atoms with Crippen molar-refractivity contribution >= 4 is 21.2 Å². The van der Waals surface area contributed by atoms with Gasteiger partial charge < -0.3 is 5.73 Å². The van der Waals surface area contributed by atoms with Gasteiger partial charge in [0.15, 0.2) is 11.5 Å². The van der Waals surface area contributed by atoms with Crippen LogP contribution in [-0.4, -0.2) is 34.5 Å². The molecule has 0 radical (unpaired) electrons. The lowest BCUT2D eigenvalue weighted by atomic mass is 10.0. The molecule has 3 rings (SSSR count). The van der Waals surface area contributed by atoms with E-state index in [2.05, 4.69) is 10.1 Å². The van der Waals surface area contributed by atoms with E-state index in [1.807, 2.05) is 6.07 Å². The summed E-state index contributed by atoms with van der Waals surface area (Å²) in [4.78, 5) is 4.42. The molecule has 2 aromatic rings. The van der Waals surface area contributed by atoms with Crippen LogP contribution in [0.3, 0.4) is 0 Å². The van der Waals surface area contributed by atoms with Gasteiger partial charge in [0.2, 0.25) is 0 Å². The van der Waals surface area contributed by atoms with Crippen molar-refractivity contribution in [2.75, 3.05) is 17.2 Å². The first-order valence-corrected chi connectivity index (χ1v) is 7.68. The Morgan fingerprint density at radius 1 is 1.33 bits per heavy atom. The van der Waals surface area contributed by atoms with Crippen LogP contribution in [0.5, 0.6) is 0 Å². The minimum absolute atomic E-state index is 0.118. The molecule has 0 amide bonds. The van der Waals surface area contributed by atoms with Crippen LogP contribution < -0.4 is 5.73 Å². The minimum Gasteiger partial charge on any atom is -0.396 e. The minimum atomic E-state index is -2.85. The van der Waals surface area contributed by atoms with E-state index in [9.17, 15) is 8.42 Å². The second-order valence-corrected chi connectivity index (χ2v) is 6.93. The molecule has 0 aliphatic carbocycles. The molecule has 0 spiro atoms. The van der Waals surface area contributed by atoms with Crippen molar-refractivity contribution in [3.63, 3.8) is 0 Å². The molecule has 1 aliphatic rings. The van der Waals surface area contributed by atoms with E-state index < -0.39 is 9.84 Å². The lowest BCUT2D eigenvalue weighted by Crippen LogP contribution is -2.22. The van der Waals surface area contributed by atoms with Gasteiger partial charge in [-0.25, -0.2) is 17.9 Å². The summed E-state index contributed by atoms with van der Waals surface area (Å²) in [6, 6.07) is 3.59. The quantitative estimate of drug-likeness (QED) is 0.816. The number of nitrogen functional groups attached to an aromatic ring is 1. The van der Waals surface area contributed by atoms with E-state index in [0.29, 0.717) is 30.0 Å². The van der Waals surface area contributed by atoms with Crippen molar-refractivity contribution in [3.8, 4) is 0 Å². The van der Waals surface area contributed by atoms with Crippen LogP contribution in [0.25, 0.3) is 5.65 Å². The van der Waals surface area contributed by atoms with Gasteiger partial charge in [-0.2, -0.15) is 5.10 Å². The number of hydrogen-bond acceptors (Lipinski definition) is 5. The average molecular weight is 266 g/mol. The molecule has 0 saturated carbocycles. The molecule has 3 heterocycles. The summed E-state index contributed by atoms with van der Waals surface area (Å²) in [5.74, 6) is 1.27. The Morgan fingerprint density at radius 3 is 2.72 bits per heavy atom. The molecular formula is C11H14N4O2S. The number of anilines is 1. The first kappa shape index (κ1) is 11.5. The molecule has 0 atom stereocenters. The molecule has 18 heavy (non-hydrogen) atoms. The number of rotatable bonds is 1. The number of nitrogens with two attached hydrogens (primary N) is 1. The van der Waals surface area contributed by atoms with E-state index in [-0.39, 0.29) is 17.4 Å². The molecular weight excluding hydrogens is 252 g/mol. The molecule has 1 saturated heterocycles. The predicted octanol–water partition coefficient (Wildman–Crippen LogP) is 0.604. The number of sulfone groups is 1. The topological polar surface area (TPSA) is 90.4 Å². The second kappa shape index (κ2) is 3.94. The first-order chi connectivity index (χ1) is 8.55. The number of pyridine rings is 1. The largest absolute Gasteiger partial charge is 0.396 e. The van der Waals surface area contributed by atoms with Gasteiger partial charge in [0.25, 0.3) is 0 Å². The molecule has 1 fully saturated rings. The van der Waals surface area contributed by atoms with Gasteiger partial charge in [0.05, 0.1) is 17.2 Å². The van der Waals surface area contributed by atoms with E-state index >= 15 is 0 Å². The van der Waals surface area contributed by atoms with Crippen molar-refractivity contribution in [3.05, 3.63) is 24.2 Å². The normalized spacial score (nSPS) is 20.2. The highest BCUT2D eigenvalue weighted by molar-refractivity contribution is 7.91. The van der Waals surface area contributed by atoms with Crippen molar-refractivity contribution < 1.29 is 8.42 Å². The Labute approximate surface area is 105 Å². The van der Waals surface area contributed by atoms with E-state index in [1.54, 1.807) is 16.8 Å². The highest BCUT2D eigenvalue weighted by atomic mass is 32.2. The van der Waals surface area contributed by atoms with Crippen LogP contribution in [0.4, 0.5) is 5.69 Å². The summed E-state index contributed by atoms with van der Waals surface area (Å²) in [5, 5.41) is 4.38. The third-order valence-corrected chi connectivity index (χ3v) is 5.04. The summed E-state index contributed by atoms with van der Waals surface area (Å²) in [6.45, 7) is 0. The second-order valence-electron chi connectivity index (χ2n) is 4.63. The summed E-state index contributed by atoms with van der Waals surface area (Å²) >= 11 is 0. The summed E-state index contributed by atoms with van der Waals surface area (Å²) in [7, 11) is -2.85. The highest BCUT2D eigenvalue weighted by Gasteiger charge is 2.27. The lowest BCUT2D eigenvalue weighted by molar-refractivity contribution is 0.537. The zero-order chi connectivity index (χ0) is 12.8. The Kier molecular flexibility index (Phi) is 2.51. The fourth-order valence-corrected chi connectivity index (χ4v) is 3.76. The summed E-state index contributed by atoms with van der Waals surface area (Å²) in [6.07, 6.45) is 2.99. The molecule has 0 unspecified atom stereocenters. The van der Waals surface area contributed by atoms with Crippen LogP contribution in [0, 0.1) is 0 Å². The van der Waals surface area contributed by atoms with Crippen molar-refractivity contribution in [2.24, 2.45) is 0 Å². The van der Waals surface area contributed by atoms with Crippen LogP contribution in [-0.2, 0) is 9.84 Å². The number of fused-ring (bicyclic) bond motifs is 1. The summed E-state index contributed by atoms with van der Waals surface area (Å²) < 4.78 is 24.4. The molecule has 6 nitrogen and oxygen atoms in total. The molecule has 0 bridgehead atoms. The van der Waals surface area contributed by atoms with Gasteiger partial charge in [0.1, 0.15) is 9.84 Å². The molecule has 0 aromatic carbocycles. The van der Waals surface area contributed by atoms with Crippen LogP contribution >= 0.6 is 0 Å². The van der Waals surface area contributed by atoms with Crippen molar-refractivity contribution in [1.29, 1.82) is 0 Å². The maximum Gasteiger partial charge on any atom is 0.178 e. The number of aromatic nitrogens is 3. The van der Waals surface area contributed by atoms with Gasteiger partial charge in [-0.05, 0) is 25.0 Å². The Balaban J connectivity index is 1.94. The van der Waals surface area contributed by atoms with Gasteiger partial charge in [-0.3, -0.25) is 0 Å².